The molecule has 0 aliphatic carbocycles. The molecule has 232 valence electrons. The molecule has 0 saturated carbocycles. The summed E-state index contributed by atoms with van der Waals surface area (Å²) in [5.41, 5.74) is 1.16. The summed E-state index contributed by atoms with van der Waals surface area (Å²) < 4.78 is 21.3. The monoisotopic (exact) mass is 609 g/mol. The Balaban J connectivity index is 1.55. The standard InChI is InChI=1S/C36H35NO8/c1-4-43-34(40)36(35(41)44-5-2,27-14-7-6-8-15-27)24-45-32(38)23-26-13-9-12-18-31(26)37-33(39)30-17-11-10-16-29(30)25-19-21-28(42-3)22-20-25/h6-22H,4-5,23-24H2,1-3H3,(H,37,39). The molecule has 4 aromatic rings. The van der Waals surface area contributed by atoms with Gasteiger partial charge < -0.3 is 24.3 Å². The summed E-state index contributed by atoms with van der Waals surface area (Å²) in [6, 6.07) is 29.6. The third-order valence-electron chi connectivity index (χ3n) is 7.14. The smallest absolute Gasteiger partial charge is 0.331 e. The fourth-order valence-electron chi connectivity index (χ4n) is 4.84. The van der Waals surface area contributed by atoms with Gasteiger partial charge in [-0.25, -0.2) is 0 Å². The molecular formula is C36H35NO8. The molecule has 0 unspecified atom stereocenters. The van der Waals surface area contributed by atoms with Crippen molar-refractivity contribution >= 4 is 29.5 Å². The number of nitrogens with one attached hydrogen (secondary N) is 1. The van der Waals surface area contributed by atoms with E-state index in [9.17, 15) is 19.2 Å². The van der Waals surface area contributed by atoms with Crippen molar-refractivity contribution in [2.24, 2.45) is 0 Å². The van der Waals surface area contributed by atoms with Crippen LogP contribution in [0.1, 0.15) is 35.3 Å². The molecule has 0 radical (unpaired) electrons. The van der Waals surface area contributed by atoms with E-state index < -0.39 is 29.9 Å². The van der Waals surface area contributed by atoms with E-state index in [0.717, 1.165) is 11.1 Å². The van der Waals surface area contributed by atoms with Crippen molar-refractivity contribution < 1.29 is 38.1 Å². The van der Waals surface area contributed by atoms with Crippen LogP contribution in [0.25, 0.3) is 11.1 Å². The minimum absolute atomic E-state index is 0.00936. The van der Waals surface area contributed by atoms with Crippen LogP contribution in [-0.4, -0.2) is 50.7 Å². The Morgan fingerprint density at radius 1 is 0.689 bits per heavy atom. The third kappa shape index (κ3) is 7.56. The van der Waals surface area contributed by atoms with Gasteiger partial charge in [0.2, 0.25) is 5.41 Å². The van der Waals surface area contributed by atoms with Gasteiger partial charge in [0.25, 0.3) is 5.91 Å². The summed E-state index contributed by atoms with van der Waals surface area (Å²) in [5.74, 6) is -2.15. The number of anilines is 1. The Bertz CT molecular complexity index is 1610. The van der Waals surface area contributed by atoms with Crippen molar-refractivity contribution in [2.45, 2.75) is 25.7 Å². The number of methoxy groups -OCH3 is 1. The van der Waals surface area contributed by atoms with Gasteiger partial charge in [0, 0.05) is 11.3 Å². The van der Waals surface area contributed by atoms with Gasteiger partial charge in [-0.2, -0.15) is 0 Å². The van der Waals surface area contributed by atoms with E-state index in [1.807, 2.05) is 36.4 Å². The first-order valence-electron chi connectivity index (χ1n) is 14.5. The maximum Gasteiger partial charge on any atom is 0.331 e. The first kappa shape index (κ1) is 32.5. The highest BCUT2D eigenvalue weighted by Crippen LogP contribution is 2.30. The summed E-state index contributed by atoms with van der Waals surface area (Å²) in [5, 5.41) is 2.91. The molecule has 0 aliphatic rings. The van der Waals surface area contributed by atoms with Crippen molar-refractivity contribution in [3.63, 3.8) is 0 Å². The largest absolute Gasteiger partial charge is 0.497 e. The Morgan fingerprint density at radius 3 is 1.93 bits per heavy atom. The highest BCUT2D eigenvalue weighted by Gasteiger charge is 2.52. The summed E-state index contributed by atoms with van der Waals surface area (Å²) in [6.07, 6.45) is -0.243. The Hall–Kier alpha value is -5.44. The molecule has 9 heteroatoms. The second kappa shape index (κ2) is 15.3. The van der Waals surface area contributed by atoms with E-state index in [4.69, 9.17) is 18.9 Å². The Kier molecular flexibility index (Phi) is 11.1. The van der Waals surface area contributed by atoms with E-state index in [0.29, 0.717) is 22.6 Å². The fourth-order valence-corrected chi connectivity index (χ4v) is 4.84. The molecule has 1 amide bonds. The third-order valence-corrected chi connectivity index (χ3v) is 7.14. The van der Waals surface area contributed by atoms with Crippen molar-refractivity contribution in [3.8, 4) is 16.9 Å². The van der Waals surface area contributed by atoms with Crippen LogP contribution in [0.2, 0.25) is 0 Å². The van der Waals surface area contributed by atoms with Crippen LogP contribution in [0.15, 0.2) is 103 Å². The molecule has 4 aromatic carbocycles. The van der Waals surface area contributed by atoms with E-state index in [2.05, 4.69) is 5.32 Å². The predicted octanol–water partition coefficient (Wildman–Crippen LogP) is 5.76. The van der Waals surface area contributed by atoms with Gasteiger partial charge in [-0.05, 0) is 60.4 Å². The first-order chi connectivity index (χ1) is 21.8. The van der Waals surface area contributed by atoms with E-state index in [-0.39, 0.29) is 31.1 Å². The maximum absolute atomic E-state index is 13.5. The number of hydrogen-bond acceptors (Lipinski definition) is 8. The van der Waals surface area contributed by atoms with Gasteiger partial charge in [0.1, 0.15) is 12.4 Å². The number of rotatable bonds is 13. The molecule has 0 atom stereocenters. The molecule has 9 nitrogen and oxygen atoms in total. The van der Waals surface area contributed by atoms with Gasteiger partial charge in [-0.3, -0.25) is 19.2 Å². The lowest BCUT2D eigenvalue weighted by Gasteiger charge is -2.29. The van der Waals surface area contributed by atoms with Crippen LogP contribution < -0.4 is 10.1 Å². The number of carbonyl (C=O) groups is 4. The van der Waals surface area contributed by atoms with Crippen LogP contribution >= 0.6 is 0 Å². The molecule has 0 bridgehead atoms. The average Bonchev–Trinajstić information content (AvgIpc) is 3.06. The number of carbonyl (C=O) groups excluding carboxylic acids is 4. The number of benzene rings is 4. The minimum Gasteiger partial charge on any atom is -0.497 e. The SMILES string of the molecule is CCOC(=O)C(COC(=O)Cc1ccccc1NC(=O)c1ccccc1-c1ccc(OC)cc1)(C(=O)OCC)c1ccccc1. The summed E-state index contributed by atoms with van der Waals surface area (Å²) in [7, 11) is 1.59. The summed E-state index contributed by atoms with van der Waals surface area (Å²) in [4.78, 5) is 53.2. The maximum atomic E-state index is 13.5. The van der Waals surface area contributed by atoms with E-state index in [1.54, 1.807) is 87.7 Å². The summed E-state index contributed by atoms with van der Waals surface area (Å²) in [6.45, 7) is 2.62. The molecule has 0 saturated heterocycles. The number of ether oxygens (including phenoxy) is 4. The van der Waals surface area contributed by atoms with Crippen LogP contribution in [0, 0.1) is 0 Å². The molecular weight excluding hydrogens is 574 g/mol. The zero-order valence-electron chi connectivity index (χ0n) is 25.4. The highest BCUT2D eigenvalue weighted by molar-refractivity contribution is 6.09. The molecule has 0 spiro atoms. The minimum atomic E-state index is -2.01. The quantitative estimate of drug-likeness (QED) is 0.115. The van der Waals surface area contributed by atoms with Crippen molar-refractivity contribution in [1.82, 2.24) is 0 Å². The summed E-state index contributed by atoms with van der Waals surface area (Å²) >= 11 is 0. The van der Waals surface area contributed by atoms with Gasteiger partial charge in [-0.15, -0.1) is 0 Å². The van der Waals surface area contributed by atoms with Gasteiger partial charge in [-0.1, -0.05) is 78.9 Å². The average molecular weight is 610 g/mol. The topological polar surface area (TPSA) is 117 Å². The van der Waals surface area contributed by atoms with Crippen molar-refractivity contribution in [3.05, 3.63) is 120 Å². The van der Waals surface area contributed by atoms with Crippen LogP contribution in [0.5, 0.6) is 5.75 Å². The molecule has 1 N–H and O–H groups in total. The Morgan fingerprint density at radius 2 is 1.29 bits per heavy atom. The molecule has 0 fully saturated rings. The number of para-hydroxylation sites is 1. The lowest BCUT2D eigenvalue weighted by atomic mass is 9.81. The predicted molar refractivity (Wildman–Crippen MR) is 169 cm³/mol. The number of amides is 1. The lowest BCUT2D eigenvalue weighted by molar-refractivity contribution is -0.170. The van der Waals surface area contributed by atoms with Gasteiger partial charge in [0.05, 0.1) is 26.7 Å². The first-order valence-corrected chi connectivity index (χ1v) is 14.5. The Labute approximate surface area is 262 Å². The van der Waals surface area contributed by atoms with Crippen molar-refractivity contribution in [2.75, 3.05) is 32.2 Å². The zero-order chi connectivity index (χ0) is 32.2. The molecule has 0 heterocycles. The van der Waals surface area contributed by atoms with Crippen molar-refractivity contribution in [1.29, 1.82) is 0 Å². The van der Waals surface area contributed by atoms with Crippen LogP contribution in [0.3, 0.4) is 0 Å². The molecule has 0 aliphatic heterocycles. The lowest BCUT2D eigenvalue weighted by Crippen LogP contribution is -2.50. The van der Waals surface area contributed by atoms with Crippen LogP contribution in [0.4, 0.5) is 5.69 Å². The molecule has 0 aromatic heterocycles. The second-order valence-electron chi connectivity index (χ2n) is 9.94. The van der Waals surface area contributed by atoms with Gasteiger partial charge >= 0.3 is 17.9 Å². The fraction of sp³-hybridized carbons (Fsp3) is 0.222. The molecule has 45 heavy (non-hydrogen) atoms. The number of esters is 3. The number of hydrogen-bond donors (Lipinski definition) is 1. The molecule has 4 rings (SSSR count). The van der Waals surface area contributed by atoms with Gasteiger partial charge in [0.15, 0.2) is 0 Å². The van der Waals surface area contributed by atoms with Crippen LogP contribution in [-0.2, 0) is 40.4 Å². The zero-order valence-corrected chi connectivity index (χ0v) is 25.4. The second-order valence-corrected chi connectivity index (χ2v) is 9.94. The van der Waals surface area contributed by atoms with E-state index in [1.165, 1.54) is 0 Å². The van der Waals surface area contributed by atoms with E-state index >= 15 is 0 Å². The normalized spacial score (nSPS) is 10.8. The highest BCUT2D eigenvalue weighted by atomic mass is 16.6.